The molecule has 3 aromatic rings. The van der Waals surface area contributed by atoms with Gasteiger partial charge in [0, 0.05) is 44.8 Å². The van der Waals surface area contributed by atoms with Gasteiger partial charge in [0.05, 0.1) is 5.56 Å². The third-order valence-corrected chi connectivity index (χ3v) is 5.00. The smallest absolute Gasteiger partial charge is 0.258 e. The Hall–Kier alpha value is -4.04. The number of piperazine rings is 1. The molecule has 0 unspecified atom stereocenters. The van der Waals surface area contributed by atoms with Crippen LogP contribution < -0.4 is 4.90 Å². The summed E-state index contributed by atoms with van der Waals surface area (Å²) in [5.74, 6) is 1.19. The minimum atomic E-state index is -0.220. The van der Waals surface area contributed by atoms with Crippen molar-refractivity contribution in [3.05, 3.63) is 65.3 Å². The number of hydrogen-bond acceptors (Lipinski definition) is 6. The van der Waals surface area contributed by atoms with Crippen LogP contribution in [0.5, 0.6) is 0 Å². The van der Waals surface area contributed by atoms with Crippen LogP contribution in [0.4, 0.5) is 5.82 Å². The van der Waals surface area contributed by atoms with E-state index in [1.807, 2.05) is 17.0 Å². The molecule has 1 saturated heterocycles. The van der Waals surface area contributed by atoms with Crippen LogP contribution in [0.15, 0.2) is 47.3 Å². The Morgan fingerprint density at radius 3 is 2.48 bits per heavy atom. The van der Waals surface area contributed by atoms with E-state index >= 15 is 0 Å². The van der Waals surface area contributed by atoms with Crippen molar-refractivity contribution in [1.29, 1.82) is 10.5 Å². The number of carbonyl (C=O) groups is 1. The molecule has 29 heavy (non-hydrogen) atoms. The van der Waals surface area contributed by atoms with Crippen LogP contribution in [0.25, 0.3) is 5.88 Å². The molecule has 1 fully saturated rings. The maximum absolute atomic E-state index is 13.2. The predicted molar refractivity (Wildman–Crippen MR) is 105 cm³/mol. The fraction of sp³-hybridized carbons (Fsp3) is 0.238. The number of aryl methyl sites for hydroxylation is 1. The van der Waals surface area contributed by atoms with Gasteiger partial charge in [0.25, 0.3) is 5.91 Å². The standard InChI is InChI=1S/C21H18N6O2/c1-15-18(17(14-23)21(29-15)27-7-2-3-8-27)20(28)26-11-9-25(10-12-26)19-16(13-22)5-4-6-24-19/h2-8H,9-12H2,1H3. The number of nitriles is 2. The van der Waals surface area contributed by atoms with E-state index in [-0.39, 0.29) is 11.5 Å². The van der Waals surface area contributed by atoms with Crippen LogP contribution in [0.1, 0.15) is 27.2 Å². The summed E-state index contributed by atoms with van der Waals surface area (Å²) in [6, 6.07) is 11.4. The van der Waals surface area contributed by atoms with E-state index < -0.39 is 0 Å². The fourth-order valence-electron chi connectivity index (χ4n) is 3.56. The van der Waals surface area contributed by atoms with Gasteiger partial charge in [-0.2, -0.15) is 10.5 Å². The van der Waals surface area contributed by atoms with Crippen molar-refractivity contribution in [2.75, 3.05) is 31.1 Å². The number of rotatable bonds is 3. The molecule has 1 amide bonds. The molecule has 1 aliphatic rings. The van der Waals surface area contributed by atoms with E-state index in [9.17, 15) is 15.3 Å². The highest BCUT2D eigenvalue weighted by Crippen LogP contribution is 2.27. The molecule has 0 radical (unpaired) electrons. The molecule has 0 bridgehead atoms. The molecule has 4 heterocycles. The molecule has 144 valence electrons. The van der Waals surface area contributed by atoms with Crippen molar-refractivity contribution < 1.29 is 9.21 Å². The highest BCUT2D eigenvalue weighted by molar-refractivity contribution is 5.98. The van der Waals surface area contributed by atoms with Crippen molar-refractivity contribution in [1.82, 2.24) is 14.5 Å². The third kappa shape index (κ3) is 3.21. The van der Waals surface area contributed by atoms with Gasteiger partial charge in [-0.1, -0.05) is 0 Å². The second kappa shape index (κ2) is 7.53. The summed E-state index contributed by atoms with van der Waals surface area (Å²) in [6.07, 6.45) is 5.20. The number of furan rings is 1. The second-order valence-corrected chi connectivity index (χ2v) is 6.68. The molecule has 4 rings (SSSR count). The first-order chi connectivity index (χ1) is 14.1. The molecular formula is C21H18N6O2. The van der Waals surface area contributed by atoms with Gasteiger partial charge in [-0.25, -0.2) is 4.98 Å². The Balaban J connectivity index is 1.55. The highest BCUT2D eigenvalue weighted by atomic mass is 16.4. The second-order valence-electron chi connectivity index (χ2n) is 6.68. The zero-order valence-corrected chi connectivity index (χ0v) is 15.9. The van der Waals surface area contributed by atoms with E-state index in [1.54, 1.807) is 47.1 Å². The summed E-state index contributed by atoms with van der Waals surface area (Å²) in [6.45, 7) is 3.75. The lowest BCUT2D eigenvalue weighted by atomic mass is 10.1. The van der Waals surface area contributed by atoms with Gasteiger partial charge < -0.3 is 14.2 Å². The summed E-state index contributed by atoms with van der Waals surface area (Å²) in [7, 11) is 0. The van der Waals surface area contributed by atoms with Crippen molar-refractivity contribution >= 4 is 11.7 Å². The Morgan fingerprint density at radius 2 is 1.83 bits per heavy atom. The number of anilines is 1. The zero-order valence-electron chi connectivity index (χ0n) is 15.9. The molecule has 8 nitrogen and oxygen atoms in total. The predicted octanol–water partition coefficient (Wildman–Crippen LogP) is 2.48. The van der Waals surface area contributed by atoms with E-state index in [0.29, 0.717) is 54.8 Å². The lowest BCUT2D eigenvalue weighted by Gasteiger charge is -2.35. The topological polar surface area (TPSA) is 102 Å². The zero-order chi connectivity index (χ0) is 20.4. The van der Waals surface area contributed by atoms with Gasteiger partial charge in [-0.3, -0.25) is 9.36 Å². The monoisotopic (exact) mass is 386 g/mol. The van der Waals surface area contributed by atoms with Gasteiger partial charge >= 0.3 is 0 Å². The van der Waals surface area contributed by atoms with E-state index in [4.69, 9.17) is 4.42 Å². The largest absolute Gasteiger partial charge is 0.443 e. The number of hydrogen-bond donors (Lipinski definition) is 0. The maximum Gasteiger partial charge on any atom is 0.258 e. The van der Waals surface area contributed by atoms with Crippen molar-refractivity contribution in [3.8, 4) is 18.0 Å². The number of pyridine rings is 1. The van der Waals surface area contributed by atoms with Gasteiger partial charge in [-0.15, -0.1) is 0 Å². The molecule has 0 spiro atoms. The van der Waals surface area contributed by atoms with Crippen LogP contribution in [-0.2, 0) is 0 Å². The van der Waals surface area contributed by atoms with Crippen LogP contribution >= 0.6 is 0 Å². The van der Waals surface area contributed by atoms with E-state index in [1.165, 1.54) is 0 Å². The number of amides is 1. The van der Waals surface area contributed by atoms with Crippen molar-refractivity contribution in [2.24, 2.45) is 0 Å². The van der Waals surface area contributed by atoms with Crippen LogP contribution in [0, 0.1) is 29.6 Å². The lowest BCUT2D eigenvalue weighted by Crippen LogP contribution is -2.49. The summed E-state index contributed by atoms with van der Waals surface area (Å²) >= 11 is 0. The Kier molecular flexibility index (Phi) is 4.76. The highest BCUT2D eigenvalue weighted by Gasteiger charge is 2.30. The van der Waals surface area contributed by atoms with Gasteiger partial charge in [0.1, 0.15) is 34.8 Å². The Bertz CT molecular complexity index is 1130. The van der Waals surface area contributed by atoms with E-state index in [0.717, 1.165) is 0 Å². The van der Waals surface area contributed by atoms with E-state index in [2.05, 4.69) is 17.1 Å². The summed E-state index contributed by atoms with van der Waals surface area (Å²) in [5, 5.41) is 18.9. The van der Waals surface area contributed by atoms with Gasteiger partial charge in [0.2, 0.25) is 5.88 Å². The molecular weight excluding hydrogens is 368 g/mol. The minimum Gasteiger partial charge on any atom is -0.443 e. The molecule has 8 heteroatoms. The quantitative estimate of drug-likeness (QED) is 0.685. The number of nitrogens with zero attached hydrogens (tertiary/aromatic N) is 6. The average Bonchev–Trinajstić information content (AvgIpc) is 3.40. The maximum atomic E-state index is 13.2. The van der Waals surface area contributed by atoms with Crippen LogP contribution in [-0.4, -0.2) is 46.5 Å². The summed E-state index contributed by atoms with van der Waals surface area (Å²) in [5.41, 5.74) is 1.06. The van der Waals surface area contributed by atoms with Crippen LogP contribution in [0.2, 0.25) is 0 Å². The molecule has 0 aromatic carbocycles. The summed E-state index contributed by atoms with van der Waals surface area (Å²) in [4.78, 5) is 21.2. The number of carbonyl (C=O) groups excluding carboxylic acids is 1. The first-order valence-electron chi connectivity index (χ1n) is 9.20. The molecule has 3 aromatic heterocycles. The number of aromatic nitrogens is 2. The molecule has 0 aliphatic carbocycles. The molecule has 1 aliphatic heterocycles. The first-order valence-corrected chi connectivity index (χ1v) is 9.20. The lowest BCUT2D eigenvalue weighted by molar-refractivity contribution is 0.0744. The Morgan fingerprint density at radius 1 is 1.10 bits per heavy atom. The van der Waals surface area contributed by atoms with Gasteiger partial charge in [-0.05, 0) is 31.2 Å². The average molecular weight is 386 g/mol. The normalized spacial score (nSPS) is 13.8. The molecule has 0 atom stereocenters. The fourth-order valence-corrected chi connectivity index (χ4v) is 3.56. The SMILES string of the molecule is Cc1oc(-n2cccc2)c(C#N)c1C(=O)N1CCN(c2ncccc2C#N)CC1. The Labute approximate surface area is 167 Å². The summed E-state index contributed by atoms with van der Waals surface area (Å²) < 4.78 is 7.44. The van der Waals surface area contributed by atoms with Crippen molar-refractivity contribution in [2.45, 2.75) is 6.92 Å². The van der Waals surface area contributed by atoms with Crippen LogP contribution in [0.3, 0.4) is 0 Å². The molecule has 0 saturated carbocycles. The first kappa shape index (κ1) is 18.3. The molecule has 0 N–H and O–H groups in total. The third-order valence-electron chi connectivity index (χ3n) is 5.00. The van der Waals surface area contributed by atoms with Crippen molar-refractivity contribution in [3.63, 3.8) is 0 Å². The minimum absolute atomic E-state index is 0.220. The van der Waals surface area contributed by atoms with Gasteiger partial charge in [0.15, 0.2) is 0 Å².